The van der Waals surface area contributed by atoms with E-state index in [9.17, 15) is 4.79 Å². The van der Waals surface area contributed by atoms with Crippen LogP contribution < -0.4 is 0 Å². The highest BCUT2D eigenvalue weighted by Crippen LogP contribution is 1.97. The van der Waals surface area contributed by atoms with Crippen molar-refractivity contribution in [1.82, 2.24) is 0 Å². The van der Waals surface area contributed by atoms with E-state index in [1.165, 1.54) is 11.6 Å². The summed E-state index contributed by atoms with van der Waals surface area (Å²) in [6.07, 6.45) is 7.73. The second kappa shape index (κ2) is 16.4. The van der Waals surface area contributed by atoms with Gasteiger partial charge in [0.2, 0.25) is 0 Å². The van der Waals surface area contributed by atoms with Crippen molar-refractivity contribution in [3.63, 3.8) is 0 Å². The molecule has 0 aromatic heterocycles. The van der Waals surface area contributed by atoms with Crippen LogP contribution in [0.3, 0.4) is 0 Å². The standard InChI is InChI=1S/C8H8.C6H8O2.C4H6/c1-2-8-6-4-3-5-7-8;1-3-5-8-6(7)4-2;1-3-4-2/h2-7H,1H2;3-4H,1-2,5H2;3-4H,1-2H2. The lowest BCUT2D eigenvalue weighted by atomic mass is 10.2. The van der Waals surface area contributed by atoms with Gasteiger partial charge in [0.1, 0.15) is 6.61 Å². The number of allylic oxidation sites excluding steroid dienone is 2. The molecule has 0 spiro atoms. The summed E-state index contributed by atoms with van der Waals surface area (Å²) in [4.78, 5) is 10.2. The molecule has 0 bridgehead atoms. The van der Waals surface area contributed by atoms with E-state index in [1.807, 2.05) is 36.4 Å². The molecule has 106 valence electrons. The summed E-state index contributed by atoms with van der Waals surface area (Å²) in [5.41, 5.74) is 1.17. The molecule has 2 heteroatoms. The number of benzene rings is 1. The van der Waals surface area contributed by atoms with Gasteiger partial charge in [0.25, 0.3) is 0 Å². The third kappa shape index (κ3) is 15.4. The van der Waals surface area contributed by atoms with Crippen LogP contribution in [-0.4, -0.2) is 12.6 Å². The molecule has 20 heavy (non-hydrogen) atoms. The van der Waals surface area contributed by atoms with Crippen molar-refractivity contribution in [2.45, 2.75) is 0 Å². The Hall–Kier alpha value is -2.61. The van der Waals surface area contributed by atoms with Crippen molar-refractivity contribution in [3.05, 3.63) is 93.1 Å². The molecule has 1 aromatic carbocycles. The van der Waals surface area contributed by atoms with Gasteiger partial charge in [-0.2, -0.15) is 0 Å². The Kier molecular flexibility index (Phi) is 16.2. The molecule has 0 aliphatic heterocycles. The minimum absolute atomic E-state index is 0.255. The molecule has 0 fully saturated rings. The lowest BCUT2D eigenvalue weighted by molar-refractivity contribution is -0.136. The molecule has 0 unspecified atom stereocenters. The van der Waals surface area contributed by atoms with Crippen LogP contribution in [0.2, 0.25) is 0 Å². The summed E-state index contributed by atoms with van der Waals surface area (Å²) < 4.78 is 4.47. The Bertz CT molecular complexity index is 410. The zero-order valence-electron chi connectivity index (χ0n) is 11.8. The molecule has 0 radical (unpaired) electrons. The number of carbonyl (C=O) groups is 1. The molecule has 0 heterocycles. The van der Waals surface area contributed by atoms with Gasteiger partial charge in [0.15, 0.2) is 0 Å². The maximum Gasteiger partial charge on any atom is 0.330 e. The maximum absolute atomic E-state index is 10.2. The smallest absolute Gasteiger partial charge is 0.330 e. The minimum atomic E-state index is -0.412. The van der Waals surface area contributed by atoms with Gasteiger partial charge in [0.05, 0.1) is 0 Å². The molecular formula is C18H22O2. The maximum atomic E-state index is 10.2. The third-order valence-electron chi connectivity index (χ3n) is 1.71. The topological polar surface area (TPSA) is 26.3 Å². The van der Waals surface area contributed by atoms with E-state index in [-0.39, 0.29) is 6.61 Å². The Morgan fingerprint density at radius 2 is 1.55 bits per heavy atom. The monoisotopic (exact) mass is 270 g/mol. The van der Waals surface area contributed by atoms with Gasteiger partial charge in [0, 0.05) is 6.08 Å². The normalized spacial score (nSPS) is 7.40. The predicted molar refractivity (Wildman–Crippen MR) is 88.3 cm³/mol. The van der Waals surface area contributed by atoms with Crippen LogP contribution >= 0.6 is 0 Å². The molecule has 1 rings (SSSR count). The summed E-state index contributed by atoms with van der Waals surface area (Å²) in [6.45, 7) is 17.2. The zero-order valence-corrected chi connectivity index (χ0v) is 11.8. The summed E-state index contributed by atoms with van der Waals surface area (Å²) in [5, 5.41) is 0. The second-order valence-electron chi connectivity index (χ2n) is 3.21. The van der Waals surface area contributed by atoms with E-state index in [1.54, 1.807) is 12.2 Å². The molecule has 0 amide bonds. The first-order chi connectivity index (χ1) is 9.65. The first kappa shape index (κ1) is 19.7. The van der Waals surface area contributed by atoms with Crippen LogP contribution in [0.4, 0.5) is 0 Å². The highest BCUT2D eigenvalue weighted by Gasteiger charge is 1.87. The fourth-order valence-corrected chi connectivity index (χ4v) is 0.789. The summed E-state index contributed by atoms with van der Waals surface area (Å²) in [6, 6.07) is 10.0. The Morgan fingerprint density at radius 1 is 1.00 bits per heavy atom. The Morgan fingerprint density at radius 3 is 1.85 bits per heavy atom. The van der Waals surface area contributed by atoms with E-state index in [0.29, 0.717) is 0 Å². The quantitative estimate of drug-likeness (QED) is 0.338. The number of hydrogen-bond acceptors (Lipinski definition) is 2. The number of hydrogen-bond donors (Lipinski definition) is 0. The van der Waals surface area contributed by atoms with Crippen LogP contribution in [0.5, 0.6) is 0 Å². The minimum Gasteiger partial charge on any atom is -0.458 e. The highest BCUT2D eigenvalue weighted by atomic mass is 16.5. The van der Waals surface area contributed by atoms with Gasteiger partial charge >= 0.3 is 5.97 Å². The molecule has 0 aliphatic rings. The Balaban J connectivity index is 0. The lowest BCUT2D eigenvalue weighted by Gasteiger charge is -1.92. The fraction of sp³-hybridized carbons (Fsp3) is 0.0556. The summed E-state index contributed by atoms with van der Waals surface area (Å²) in [7, 11) is 0. The van der Waals surface area contributed by atoms with Gasteiger partial charge < -0.3 is 4.74 Å². The van der Waals surface area contributed by atoms with E-state index < -0.39 is 5.97 Å². The zero-order chi connectivity index (χ0) is 15.6. The average Bonchev–Trinajstić information content (AvgIpc) is 2.54. The van der Waals surface area contributed by atoms with Crippen molar-refractivity contribution >= 4 is 12.0 Å². The summed E-state index contributed by atoms with van der Waals surface area (Å²) >= 11 is 0. The van der Waals surface area contributed by atoms with Crippen LogP contribution in [0, 0.1) is 0 Å². The average molecular weight is 270 g/mol. The molecule has 0 saturated carbocycles. The van der Waals surface area contributed by atoms with E-state index in [4.69, 9.17) is 0 Å². The lowest BCUT2D eigenvalue weighted by Crippen LogP contribution is -1.98. The number of rotatable bonds is 5. The van der Waals surface area contributed by atoms with E-state index in [0.717, 1.165) is 6.08 Å². The van der Waals surface area contributed by atoms with Gasteiger partial charge in [-0.25, -0.2) is 4.79 Å². The SMILES string of the molecule is C=CC=C.C=CCOC(=O)C=C.C=Cc1ccccc1. The van der Waals surface area contributed by atoms with Gasteiger partial charge in [-0.15, -0.1) is 0 Å². The number of carbonyl (C=O) groups excluding carboxylic acids is 1. The number of ether oxygens (including phenoxy) is 1. The largest absolute Gasteiger partial charge is 0.458 e. The van der Waals surface area contributed by atoms with Gasteiger partial charge in [-0.05, 0) is 5.56 Å². The van der Waals surface area contributed by atoms with Crippen molar-refractivity contribution in [3.8, 4) is 0 Å². The van der Waals surface area contributed by atoms with Crippen molar-refractivity contribution in [2.75, 3.05) is 6.61 Å². The van der Waals surface area contributed by atoms with E-state index in [2.05, 4.69) is 37.6 Å². The summed E-state index contributed by atoms with van der Waals surface area (Å²) in [5.74, 6) is -0.412. The fourth-order valence-electron chi connectivity index (χ4n) is 0.789. The van der Waals surface area contributed by atoms with Crippen LogP contribution in [0.15, 0.2) is 87.5 Å². The molecule has 2 nitrogen and oxygen atoms in total. The van der Waals surface area contributed by atoms with Crippen molar-refractivity contribution in [1.29, 1.82) is 0 Å². The third-order valence-corrected chi connectivity index (χ3v) is 1.71. The number of esters is 1. The molecule has 0 saturated heterocycles. The Labute approximate surface area is 122 Å². The van der Waals surface area contributed by atoms with Gasteiger partial charge in [-0.1, -0.05) is 87.5 Å². The molecule has 0 atom stereocenters. The first-order valence-electron chi connectivity index (χ1n) is 5.97. The van der Waals surface area contributed by atoms with Crippen molar-refractivity contribution in [2.24, 2.45) is 0 Å². The molecule has 0 aliphatic carbocycles. The van der Waals surface area contributed by atoms with Crippen molar-refractivity contribution < 1.29 is 9.53 Å². The van der Waals surface area contributed by atoms with Crippen LogP contribution in [-0.2, 0) is 9.53 Å². The van der Waals surface area contributed by atoms with Crippen LogP contribution in [0.25, 0.3) is 6.08 Å². The molecular weight excluding hydrogens is 248 g/mol. The van der Waals surface area contributed by atoms with E-state index >= 15 is 0 Å². The van der Waals surface area contributed by atoms with Gasteiger partial charge in [-0.3, -0.25) is 0 Å². The first-order valence-corrected chi connectivity index (χ1v) is 5.97. The molecule has 0 N–H and O–H groups in total. The predicted octanol–water partition coefficient (Wildman–Crippen LogP) is 4.59. The highest BCUT2D eigenvalue weighted by molar-refractivity contribution is 5.81. The molecule has 1 aromatic rings. The van der Waals surface area contributed by atoms with Crippen LogP contribution in [0.1, 0.15) is 5.56 Å². The second-order valence-corrected chi connectivity index (χ2v) is 3.21.